The van der Waals surface area contributed by atoms with E-state index in [2.05, 4.69) is 52.1 Å². The predicted octanol–water partition coefficient (Wildman–Crippen LogP) is 6.64. The van der Waals surface area contributed by atoms with Gasteiger partial charge in [0, 0.05) is 13.0 Å². The molecule has 0 fully saturated rings. The van der Waals surface area contributed by atoms with Gasteiger partial charge < -0.3 is 9.73 Å². The van der Waals surface area contributed by atoms with E-state index in [1.54, 1.807) is 12.1 Å². The van der Waals surface area contributed by atoms with E-state index < -0.39 is 0 Å². The van der Waals surface area contributed by atoms with E-state index in [0.29, 0.717) is 25.1 Å². The van der Waals surface area contributed by atoms with Gasteiger partial charge in [0.2, 0.25) is 0 Å². The Hall–Kier alpha value is -2.88. The fourth-order valence-corrected chi connectivity index (χ4v) is 4.84. The highest BCUT2D eigenvalue weighted by atomic mass is 19.1. The van der Waals surface area contributed by atoms with Crippen molar-refractivity contribution >= 4 is 5.91 Å². The molecule has 3 nitrogen and oxygen atoms in total. The molecule has 4 heteroatoms. The van der Waals surface area contributed by atoms with Crippen LogP contribution < -0.4 is 5.32 Å². The summed E-state index contributed by atoms with van der Waals surface area (Å²) < 4.78 is 19.2. The third-order valence-electron chi connectivity index (χ3n) is 7.15. The minimum Gasteiger partial charge on any atom is -0.456 e. The second kappa shape index (κ2) is 8.81. The first-order chi connectivity index (χ1) is 15.5. The molecule has 0 unspecified atom stereocenters. The van der Waals surface area contributed by atoms with Crippen LogP contribution in [0.25, 0.3) is 0 Å². The van der Waals surface area contributed by atoms with Crippen LogP contribution in [0, 0.1) is 12.7 Å². The molecule has 0 saturated carbocycles. The molecule has 0 bridgehead atoms. The molecule has 1 heterocycles. The first-order valence-electron chi connectivity index (χ1n) is 11.8. The lowest BCUT2D eigenvalue weighted by Crippen LogP contribution is -2.34. The smallest absolute Gasteiger partial charge is 0.287 e. The molecular formula is C29H34FNO2. The average molecular weight is 448 g/mol. The van der Waals surface area contributed by atoms with Gasteiger partial charge in [-0.3, -0.25) is 4.79 Å². The van der Waals surface area contributed by atoms with Crippen molar-refractivity contribution < 1.29 is 13.6 Å². The van der Waals surface area contributed by atoms with E-state index in [9.17, 15) is 9.18 Å². The highest BCUT2D eigenvalue weighted by Gasteiger charge is 2.37. The van der Waals surface area contributed by atoms with E-state index in [0.717, 1.165) is 11.3 Å². The molecule has 0 aliphatic heterocycles. The van der Waals surface area contributed by atoms with E-state index in [-0.39, 0.29) is 22.6 Å². The third-order valence-corrected chi connectivity index (χ3v) is 7.15. The fraction of sp³-hybridized carbons (Fsp3) is 0.414. The first-order valence-corrected chi connectivity index (χ1v) is 11.8. The number of benzene rings is 2. The molecule has 1 amide bonds. The molecule has 1 aliphatic rings. The highest BCUT2D eigenvalue weighted by Crippen LogP contribution is 2.46. The molecule has 2 aromatic carbocycles. The average Bonchev–Trinajstić information content (AvgIpc) is 3.21. The van der Waals surface area contributed by atoms with Gasteiger partial charge in [-0.05, 0) is 89.1 Å². The molecule has 0 saturated heterocycles. The maximum Gasteiger partial charge on any atom is 0.287 e. The zero-order valence-electron chi connectivity index (χ0n) is 20.3. The normalized spacial score (nSPS) is 16.3. The van der Waals surface area contributed by atoms with Crippen LogP contribution in [-0.2, 0) is 23.7 Å². The Bertz CT molecular complexity index is 1170. The van der Waals surface area contributed by atoms with Crippen LogP contribution in [0.4, 0.5) is 4.39 Å². The standard InChI is InChI=1S/C29H34FNO2/c1-19-15-24-25(29(4,5)13-12-28(24,2)3)18-21(19)17-23-9-10-26(33-23)27(32)31-14-11-20-7-6-8-22(30)16-20/h6-10,15-16,18H,11-14,17H2,1-5H3,(H,31,32). The highest BCUT2D eigenvalue weighted by molar-refractivity contribution is 5.91. The molecule has 0 spiro atoms. The van der Waals surface area contributed by atoms with Crippen LogP contribution >= 0.6 is 0 Å². The van der Waals surface area contributed by atoms with Gasteiger partial charge in [-0.2, -0.15) is 0 Å². The second-order valence-corrected chi connectivity index (χ2v) is 10.7. The van der Waals surface area contributed by atoms with Crippen molar-refractivity contribution in [3.8, 4) is 0 Å². The summed E-state index contributed by atoms with van der Waals surface area (Å²) in [6.45, 7) is 11.9. The number of rotatable bonds is 6. The van der Waals surface area contributed by atoms with Crippen molar-refractivity contribution in [3.63, 3.8) is 0 Å². The van der Waals surface area contributed by atoms with Crippen molar-refractivity contribution in [2.24, 2.45) is 0 Å². The molecule has 3 aromatic rings. The van der Waals surface area contributed by atoms with Crippen molar-refractivity contribution in [2.45, 2.75) is 71.1 Å². The van der Waals surface area contributed by atoms with Crippen molar-refractivity contribution in [1.29, 1.82) is 0 Å². The van der Waals surface area contributed by atoms with Gasteiger partial charge in [-0.15, -0.1) is 0 Å². The van der Waals surface area contributed by atoms with E-state index in [4.69, 9.17) is 4.42 Å². The Morgan fingerprint density at radius 3 is 2.39 bits per heavy atom. The van der Waals surface area contributed by atoms with Gasteiger partial charge in [0.15, 0.2) is 5.76 Å². The van der Waals surface area contributed by atoms with Crippen LogP contribution in [0.1, 0.15) is 84.7 Å². The summed E-state index contributed by atoms with van der Waals surface area (Å²) in [4.78, 5) is 12.5. The lowest BCUT2D eigenvalue weighted by Gasteiger charge is -2.42. The summed E-state index contributed by atoms with van der Waals surface area (Å²) in [5.41, 5.74) is 6.59. The topological polar surface area (TPSA) is 42.2 Å². The first kappa shape index (κ1) is 23.3. The van der Waals surface area contributed by atoms with Crippen LogP contribution in [0.2, 0.25) is 0 Å². The van der Waals surface area contributed by atoms with E-state index in [1.165, 1.54) is 47.2 Å². The number of carbonyl (C=O) groups excluding carboxylic acids is 1. The quantitative estimate of drug-likeness (QED) is 0.460. The van der Waals surface area contributed by atoms with Crippen LogP contribution in [-0.4, -0.2) is 12.5 Å². The number of amides is 1. The zero-order valence-corrected chi connectivity index (χ0v) is 20.3. The summed E-state index contributed by atoms with van der Waals surface area (Å²) in [5, 5.41) is 2.86. The SMILES string of the molecule is Cc1cc2c(cc1Cc1ccc(C(=O)NCCc3cccc(F)c3)o1)C(C)(C)CCC2(C)C. The van der Waals surface area contributed by atoms with Crippen LogP contribution in [0.3, 0.4) is 0 Å². The van der Waals surface area contributed by atoms with Crippen LogP contribution in [0.5, 0.6) is 0 Å². The molecule has 0 atom stereocenters. The Balaban J connectivity index is 1.45. The largest absolute Gasteiger partial charge is 0.456 e. The third kappa shape index (κ3) is 5.05. The van der Waals surface area contributed by atoms with Gasteiger partial charge in [0.25, 0.3) is 5.91 Å². The molecule has 174 valence electrons. The second-order valence-electron chi connectivity index (χ2n) is 10.7. The number of aryl methyl sites for hydroxylation is 1. The summed E-state index contributed by atoms with van der Waals surface area (Å²) in [5.74, 6) is 0.573. The van der Waals surface area contributed by atoms with Gasteiger partial charge >= 0.3 is 0 Å². The number of halogens is 1. The maximum absolute atomic E-state index is 13.3. The summed E-state index contributed by atoms with van der Waals surface area (Å²) in [6.07, 6.45) is 3.60. The summed E-state index contributed by atoms with van der Waals surface area (Å²) in [7, 11) is 0. The molecular weight excluding hydrogens is 413 g/mol. The van der Waals surface area contributed by atoms with Crippen molar-refractivity contribution in [1.82, 2.24) is 5.32 Å². The van der Waals surface area contributed by atoms with Crippen LogP contribution in [0.15, 0.2) is 52.9 Å². The minimum atomic E-state index is -0.265. The predicted molar refractivity (Wildman–Crippen MR) is 130 cm³/mol. The maximum atomic E-state index is 13.3. The van der Waals surface area contributed by atoms with Gasteiger partial charge in [0.05, 0.1) is 0 Å². The van der Waals surface area contributed by atoms with Crippen molar-refractivity contribution in [2.75, 3.05) is 6.54 Å². The Kier molecular flexibility index (Phi) is 6.22. The monoisotopic (exact) mass is 447 g/mol. The molecule has 1 N–H and O–H groups in total. The zero-order chi connectivity index (χ0) is 23.8. The summed E-state index contributed by atoms with van der Waals surface area (Å²) in [6, 6.07) is 14.8. The number of hydrogen-bond acceptors (Lipinski definition) is 2. The molecule has 0 radical (unpaired) electrons. The van der Waals surface area contributed by atoms with Crippen molar-refractivity contribution in [3.05, 3.63) is 93.7 Å². The van der Waals surface area contributed by atoms with E-state index >= 15 is 0 Å². The lowest BCUT2D eigenvalue weighted by molar-refractivity contribution is 0.0925. The Morgan fingerprint density at radius 2 is 1.70 bits per heavy atom. The Morgan fingerprint density at radius 1 is 1.00 bits per heavy atom. The van der Waals surface area contributed by atoms with E-state index in [1.807, 2.05) is 12.1 Å². The van der Waals surface area contributed by atoms with Gasteiger partial charge in [-0.25, -0.2) is 4.39 Å². The Labute approximate surface area is 196 Å². The molecule has 4 rings (SSSR count). The summed E-state index contributed by atoms with van der Waals surface area (Å²) >= 11 is 0. The number of fused-ring (bicyclic) bond motifs is 1. The van der Waals surface area contributed by atoms with Gasteiger partial charge in [-0.1, -0.05) is 52.0 Å². The lowest BCUT2D eigenvalue weighted by atomic mass is 9.62. The number of carbonyl (C=O) groups is 1. The number of hydrogen-bond donors (Lipinski definition) is 1. The molecule has 1 aliphatic carbocycles. The fourth-order valence-electron chi connectivity index (χ4n) is 4.84. The molecule has 1 aromatic heterocycles. The molecule has 33 heavy (non-hydrogen) atoms. The number of furan rings is 1. The number of nitrogens with one attached hydrogen (secondary N) is 1. The van der Waals surface area contributed by atoms with Gasteiger partial charge in [0.1, 0.15) is 11.6 Å². The minimum absolute atomic E-state index is 0.156.